The van der Waals surface area contributed by atoms with Crippen molar-refractivity contribution >= 4 is 23.5 Å². The standard InChI is InChI=1S/C42H57N5O6/c1-5-47(35-16-18-46(19-17-35)39(48)10-8-6-7-9-11-40(49)50)38-26-34(33-14-12-32(13-15-33)28-45-20-22-53-23-21-45)25-36(31(38)4)41(51)43-27-37-29(2)24-30(3)44-42(37)52/h12-15,24-26,35H,5-11,16-23,27-28H2,1-4H3,(H,43,51)(H,44,52)(H,49,50). The molecule has 0 bridgehead atoms. The predicted molar refractivity (Wildman–Crippen MR) is 208 cm³/mol. The monoisotopic (exact) mass is 727 g/mol. The molecule has 2 aliphatic heterocycles. The Bertz CT molecular complexity index is 1770. The van der Waals surface area contributed by atoms with Crippen LogP contribution >= 0.6 is 0 Å². The molecule has 0 atom stereocenters. The molecule has 11 nitrogen and oxygen atoms in total. The summed E-state index contributed by atoms with van der Waals surface area (Å²) in [6.07, 6.45) is 5.45. The number of morpholine rings is 1. The van der Waals surface area contributed by atoms with Crippen molar-refractivity contribution in [3.8, 4) is 11.1 Å². The van der Waals surface area contributed by atoms with E-state index in [9.17, 15) is 19.2 Å². The Hall–Kier alpha value is -4.48. The van der Waals surface area contributed by atoms with E-state index in [4.69, 9.17) is 9.84 Å². The van der Waals surface area contributed by atoms with Crippen LogP contribution in [0.5, 0.6) is 0 Å². The fraction of sp³-hybridized carbons (Fsp3) is 0.524. The highest BCUT2D eigenvalue weighted by molar-refractivity contribution is 5.99. The number of rotatable bonds is 16. The zero-order valence-corrected chi connectivity index (χ0v) is 32.0. The van der Waals surface area contributed by atoms with Gasteiger partial charge in [0.05, 0.1) is 13.2 Å². The van der Waals surface area contributed by atoms with Crippen molar-refractivity contribution in [3.63, 3.8) is 0 Å². The Kier molecular flexibility index (Phi) is 14.3. The van der Waals surface area contributed by atoms with E-state index in [1.165, 1.54) is 5.56 Å². The first-order chi connectivity index (χ1) is 25.5. The highest BCUT2D eigenvalue weighted by atomic mass is 16.5. The van der Waals surface area contributed by atoms with E-state index in [0.717, 1.165) is 105 Å². The van der Waals surface area contributed by atoms with Gasteiger partial charge in [0.2, 0.25) is 5.91 Å². The van der Waals surface area contributed by atoms with Gasteiger partial charge in [-0.15, -0.1) is 0 Å². The fourth-order valence-corrected chi connectivity index (χ4v) is 7.70. The lowest BCUT2D eigenvalue weighted by Crippen LogP contribution is -2.47. The quantitative estimate of drug-likeness (QED) is 0.154. The molecule has 2 amide bonds. The number of aryl methyl sites for hydroxylation is 2. The number of hydrogen-bond acceptors (Lipinski definition) is 7. The lowest BCUT2D eigenvalue weighted by atomic mass is 9.94. The molecule has 2 saturated heterocycles. The first-order valence-corrected chi connectivity index (χ1v) is 19.3. The number of carbonyl (C=O) groups excluding carboxylic acids is 2. The Morgan fingerprint density at radius 2 is 1.58 bits per heavy atom. The van der Waals surface area contributed by atoms with Crippen LogP contribution in [-0.4, -0.2) is 89.7 Å². The van der Waals surface area contributed by atoms with E-state index < -0.39 is 5.97 Å². The minimum Gasteiger partial charge on any atom is -0.481 e. The number of likely N-dealkylation sites (tertiary alicyclic amines) is 1. The highest BCUT2D eigenvalue weighted by Gasteiger charge is 2.28. The smallest absolute Gasteiger partial charge is 0.303 e. The summed E-state index contributed by atoms with van der Waals surface area (Å²) in [5.41, 5.74) is 7.64. The average molecular weight is 728 g/mol. The molecular formula is C42H57N5O6. The van der Waals surface area contributed by atoms with Crippen molar-refractivity contribution < 1.29 is 24.2 Å². The number of aromatic nitrogens is 1. The van der Waals surface area contributed by atoms with Crippen molar-refractivity contribution in [3.05, 3.63) is 86.3 Å². The number of piperidine rings is 1. The zero-order valence-electron chi connectivity index (χ0n) is 32.0. The Balaban J connectivity index is 1.34. The van der Waals surface area contributed by atoms with Gasteiger partial charge in [-0.1, -0.05) is 37.1 Å². The Morgan fingerprint density at radius 1 is 0.906 bits per heavy atom. The van der Waals surface area contributed by atoms with Crippen LogP contribution < -0.4 is 15.8 Å². The number of hydrogen-bond donors (Lipinski definition) is 3. The summed E-state index contributed by atoms with van der Waals surface area (Å²) in [7, 11) is 0. The third kappa shape index (κ3) is 10.8. The molecule has 0 unspecified atom stereocenters. The van der Waals surface area contributed by atoms with E-state index in [1.807, 2.05) is 37.8 Å². The van der Waals surface area contributed by atoms with E-state index >= 15 is 0 Å². The summed E-state index contributed by atoms with van der Waals surface area (Å²) in [4.78, 5) is 60.1. The first-order valence-electron chi connectivity index (χ1n) is 19.3. The second kappa shape index (κ2) is 19.0. The number of nitrogens with zero attached hydrogens (tertiary/aromatic N) is 3. The van der Waals surface area contributed by atoms with E-state index in [1.54, 1.807) is 0 Å². The van der Waals surface area contributed by atoms with Crippen molar-refractivity contribution in [1.29, 1.82) is 0 Å². The second-order valence-corrected chi connectivity index (χ2v) is 14.6. The molecule has 5 rings (SSSR count). The number of nitrogens with one attached hydrogen (secondary N) is 2. The lowest BCUT2D eigenvalue weighted by Gasteiger charge is -2.40. The van der Waals surface area contributed by atoms with Crippen molar-refractivity contribution in [2.24, 2.45) is 0 Å². The molecule has 2 fully saturated rings. The molecule has 0 saturated carbocycles. The number of carboxylic acid groups (broad SMARTS) is 1. The van der Waals surface area contributed by atoms with Gasteiger partial charge in [-0.3, -0.25) is 24.1 Å². The number of pyridine rings is 1. The van der Waals surface area contributed by atoms with Gasteiger partial charge in [-0.05, 0) is 99.4 Å². The van der Waals surface area contributed by atoms with Crippen molar-refractivity contribution in [2.75, 3.05) is 50.8 Å². The van der Waals surface area contributed by atoms with Crippen molar-refractivity contribution in [1.82, 2.24) is 20.1 Å². The van der Waals surface area contributed by atoms with E-state index in [-0.39, 0.29) is 36.4 Å². The average Bonchev–Trinajstić information content (AvgIpc) is 3.14. The number of H-pyrrole nitrogens is 1. The van der Waals surface area contributed by atoms with Gasteiger partial charge >= 0.3 is 5.97 Å². The molecule has 2 aromatic carbocycles. The van der Waals surface area contributed by atoms with E-state index in [0.29, 0.717) is 37.1 Å². The SMILES string of the molecule is CCN(c1cc(-c2ccc(CN3CCOCC3)cc2)cc(C(=O)NCc2c(C)cc(C)[nH]c2=O)c1C)C1CCN(C(=O)CCCCCCC(=O)O)CC1. The number of carbonyl (C=O) groups is 3. The maximum Gasteiger partial charge on any atom is 0.303 e. The van der Waals surface area contributed by atoms with Crippen LogP contribution in [0, 0.1) is 20.8 Å². The molecule has 53 heavy (non-hydrogen) atoms. The molecule has 3 heterocycles. The third-order valence-electron chi connectivity index (χ3n) is 10.8. The molecule has 0 aliphatic carbocycles. The summed E-state index contributed by atoms with van der Waals surface area (Å²) < 4.78 is 5.52. The lowest BCUT2D eigenvalue weighted by molar-refractivity contribution is -0.137. The van der Waals surface area contributed by atoms with Gasteiger partial charge in [0.1, 0.15) is 0 Å². The molecule has 0 radical (unpaired) electrons. The maximum absolute atomic E-state index is 14.0. The number of anilines is 1. The van der Waals surface area contributed by atoms with E-state index in [2.05, 4.69) is 57.4 Å². The summed E-state index contributed by atoms with van der Waals surface area (Å²) in [6, 6.07) is 14.9. The molecule has 2 aliphatic rings. The van der Waals surface area contributed by atoms with Gasteiger partial charge in [0.15, 0.2) is 0 Å². The fourth-order valence-electron chi connectivity index (χ4n) is 7.70. The molecule has 0 spiro atoms. The maximum atomic E-state index is 14.0. The van der Waals surface area contributed by atoms with Crippen LogP contribution in [0.1, 0.15) is 96.6 Å². The van der Waals surface area contributed by atoms with Gasteiger partial charge < -0.3 is 29.9 Å². The predicted octanol–water partition coefficient (Wildman–Crippen LogP) is 5.97. The summed E-state index contributed by atoms with van der Waals surface area (Å²) in [5, 5.41) is 11.9. The number of aromatic amines is 1. The zero-order chi connectivity index (χ0) is 37.9. The normalized spacial score (nSPS) is 15.4. The van der Waals surface area contributed by atoms with Crippen LogP contribution in [0.3, 0.4) is 0 Å². The summed E-state index contributed by atoms with van der Waals surface area (Å²) in [6.45, 7) is 14.3. The van der Waals surface area contributed by atoms with Crippen LogP contribution in [-0.2, 0) is 27.4 Å². The van der Waals surface area contributed by atoms with Gasteiger partial charge in [0, 0.05) is 87.2 Å². The van der Waals surface area contributed by atoms with Gasteiger partial charge in [-0.2, -0.15) is 0 Å². The van der Waals surface area contributed by atoms with Gasteiger partial charge in [-0.25, -0.2) is 0 Å². The minimum atomic E-state index is -0.772. The number of amides is 2. The topological polar surface area (TPSA) is 135 Å². The number of carboxylic acids is 1. The first kappa shape index (κ1) is 39.7. The molecule has 1 aromatic heterocycles. The number of unbranched alkanes of at least 4 members (excludes halogenated alkanes) is 3. The Morgan fingerprint density at radius 3 is 2.23 bits per heavy atom. The van der Waals surface area contributed by atoms with Gasteiger partial charge in [0.25, 0.3) is 11.5 Å². The largest absolute Gasteiger partial charge is 0.481 e. The number of ether oxygens (including phenoxy) is 1. The number of aliphatic carboxylic acids is 1. The van der Waals surface area contributed by atoms with Crippen LogP contribution in [0.4, 0.5) is 5.69 Å². The molecule has 286 valence electrons. The Labute approximate surface area is 313 Å². The van der Waals surface area contributed by atoms with Crippen LogP contribution in [0.25, 0.3) is 11.1 Å². The molecule has 3 N–H and O–H groups in total. The third-order valence-corrected chi connectivity index (χ3v) is 10.8. The molecule has 3 aromatic rings. The van der Waals surface area contributed by atoms with Crippen LogP contribution in [0.2, 0.25) is 0 Å². The molecule has 11 heteroatoms. The minimum absolute atomic E-state index is 0.127. The second-order valence-electron chi connectivity index (χ2n) is 14.6. The van der Waals surface area contributed by atoms with Crippen LogP contribution in [0.15, 0.2) is 47.3 Å². The highest BCUT2D eigenvalue weighted by Crippen LogP contribution is 2.34. The summed E-state index contributed by atoms with van der Waals surface area (Å²) in [5.74, 6) is -0.832. The summed E-state index contributed by atoms with van der Waals surface area (Å²) >= 11 is 0. The van der Waals surface area contributed by atoms with Crippen molar-refractivity contribution in [2.45, 2.75) is 98.2 Å². The molecular weight excluding hydrogens is 670 g/mol. The number of benzene rings is 2.